The Balaban J connectivity index is 2.22. The minimum Gasteiger partial charge on any atom is -0.336 e. The van der Waals surface area contributed by atoms with Gasteiger partial charge < -0.3 is 4.57 Å². The van der Waals surface area contributed by atoms with E-state index in [1.807, 2.05) is 25.1 Å². The van der Waals surface area contributed by atoms with Gasteiger partial charge >= 0.3 is 0 Å². The average Bonchev–Trinajstić information content (AvgIpc) is 2.71. The lowest BCUT2D eigenvalue weighted by Crippen LogP contribution is -2.09. The van der Waals surface area contributed by atoms with E-state index in [0.29, 0.717) is 5.92 Å². The quantitative estimate of drug-likeness (QED) is 0.784. The first-order valence-electron chi connectivity index (χ1n) is 5.83. The van der Waals surface area contributed by atoms with Crippen molar-refractivity contribution in [1.82, 2.24) is 4.57 Å². The van der Waals surface area contributed by atoms with Crippen LogP contribution in [0, 0.1) is 18.3 Å². The summed E-state index contributed by atoms with van der Waals surface area (Å²) in [6, 6.07) is 16.5. The van der Waals surface area contributed by atoms with E-state index in [4.69, 9.17) is 5.26 Å². The maximum atomic E-state index is 9.04. The van der Waals surface area contributed by atoms with Crippen molar-refractivity contribution < 1.29 is 0 Å². The van der Waals surface area contributed by atoms with Gasteiger partial charge in [0, 0.05) is 12.2 Å². The summed E-state index contributed by atoms with van der Waals surface area (Å²) >= 11 is 0. The molecule has 2 nitrogen and oxygen atoms in total. The molecule has 0 bridgehead atoms. The Labute approximate surface area is 102 Å². The van der Waals surface area contributed by atoms with E-state index in [9.17, 15) is 0 Å². The van der Waals surface area contributed by atoms with Gasteiger partial charge in [-0.3, -0.25) is 0 Å². The third kappa shape index (κ3) is 2.39. The molecule has 0 aliphatic heterocycles. The molecule has 1 aromatic heterocycles. The molecule has 0 amide bonds. The Morgan fingerprint density at radius 1 is 1.18 bits per heavy atom. The first-order valence-corrected chi connectivity index (χ1v) is 5.83. The second-order valence-electron chi connectivity index (χ2n) is 4.39. The van der Waals surface area contributed by atoms with Crippen molar-refractivity contribution in [1.29, 1.82) is 5.26 Å². The van der Waals surface area contributed by atoms with E-state index in [0.717, 1.165) is 17.9 Å². The number of hydrogen-bond donors (Lipinski definition) is 0. The number of rotatable bonds is 3. The minimum absolute atomic E-state index is 0.411. The molecule has 0 saturated heterocycles. The summed E-state index contributed by atoms with van der Waals surface area (Å²) in [4.78, 5) is 0. The second-order valence-corrected chi connectivity index (χ2v) is 4.39. The van der Waals surface area contributed by atoms with Gasteiger partial charge in [0.2, 0.25) is 0 Å². The summed E-state index contributed by atoms with van der Waals surface area (Å²) < 4.78 is 2.08. The fraction of sp³-hybridized carbons (Fsp3) is 0.267. The molecule has 0 unspecified atom stereocenters. The highest BCUT2D eigenvalue weighted by Crippen LogP contribution is 2.19. The van der Waals surface area contributed by atoms with Crippen molar-refractivity contribution in [3.05, 3.63) is 59.4 Å². The van der Waals surface area contributed by atoms with Gasteiger partial charge in [-0.1, -0.05) is 37.3 Å². The molecule has 0 radical (unpaired) electrons. The van der Waals surface area contributed by atoms with Gasteiger partial charge in [0.1, 0.15) is 11.8 Å². The number of aryl methyl sites for hydroxylation is 1. The van der Waals surface area contributed by atoms with Crippen molar-refractivity contribution in [3.63, 3.8) is 0 Å². The van der Waals surface area contributed by atoms with Crippen molar-refractivity contribution in [2.24, 2.45) is 0 Å². The molecule has 1 aromatic carbocycles. The summed E-state index contributed by atoms with van der Waals surface area (Å²) in [5, 5.41) is 9.04. The number of benzene rings is 1. The molecule has 2 aromatic rings. The maximum Gasteiger partial charge on any atom is 0.120 e. The smallest absolute Gasteiger partial charge is 0.120 e. The van der Waals surface area contributed by atoms with Crippen molar-refractivity contribution >= 4 is 0 Å². The van der Waals surface area contributed by atoms with E-state index < -0.39 is 0 Å². The first kappa shape index (κ1) is 11.5. The van der Waals surface area contributed by atoms with Gasteiger partial charge in [-0.05, 0) is 30.5 Å². The summed E-state index contributed by atoms with van der Waals surface area (Å²) in [5.74, 6) is 0.411. The molecule has 1 atom stereocenters. The molecule has 0 aliphatic carbocycles. The molecular formula is C15H16N2. The third-order valence-corrected chi connectivity index (χ3v) is 3.14. The molecule has 0 aliphatic rings. The lowest BCUT2D eigenvalue weighted by molar-refractivity contribution is 0.584. The molecule has 0 spiro atoms. The molecule has 0 N–H and O–H groups in total. The maximum absolute atomic E-state index is 9.04. The predicted octanol–water partition coefficient (Wildman–Crippen LogP) is 3.47. The van der Waals surface area contributed by atoms with Crippen LogP contribution in [0.25, 0.3) is 0 Å². The summed E-state index contributed by atoms with van der Waals surface area (Å²) in [5.41, 5.74) is 3.19. The van der Waals surface area contributed by atoms with E-state index >= 15 is 0 Å². The van der Waals surface area contributed by atoms with Gasteiger partial charge in [0.15, 0.2) is 0 Å². The molecule has 2 heteroatoms. The summed E-state index contributed by atoms with van der Waals surface area (Å²) in [6.07, 6.45) is 0. The minimum atomic E-state index is 0.411. The van der Waals surface area contributed by atoms with Crippen LogP contribution in [0.3, 0.4) is 0 Å². The van der Waals surface area contributed by atoms with Crippen LogP contribution in [-0.4, -0.2) is 4.57 Å². The first-order chi connectivity index (χ1) is 8.22. The Morgan fingerprint density at radius 2 is 1.88 bits per heavy atom. The lowest BCUT2D eigenvalue weighted by atomic mass is 10.0. The normalized spacial score (nSPS) is 12.1. The second kappa shape index (κ2) is 4.88. The zero-order valence-corrected chi connectivity index (χ0v) is 10.2. The number of aromatic nitrogens is 1. The van der Waals surface area contributed by atoms with Crippen LogP contribution in [0.5, 0.6) is 0 Å². The fourth-order valence-electron chi connectivity index (χ4n) is 2.07. The van der Waals surface area contributed by atoms with Crippen LogP contribution >= 0.6 is 0 Å². The SMILES string of the molecule is Cc1ccc(C#N)n1C[C@H](C)c1ccccc1. The zero-order valence-electron chi connectivity index (χ0n) is 10.2. The van der Waals surface area contributed by atoms with Crippen molar-refractivity contribution in [3.8, 4) is 6.07 Å². The number of hydrogen-bond acceptors (Lipinski definition) is 1. The highest BCUT2D eigenvalue weighted by atomic mass is 15.0. The van der Waals surface area contributed by atoms with E-state index in [1.54, 1.807) is 0 Å². The van der Waals surface area contributed by atoms with E-state index in [-0.39, 0.29) is 0 Å². The van der Waals surface area contributed by atoms with Crippen molar-refractivity contribution in [2.75, 3.05) is 0 Å². The van der Waals surface area contributed by atoms with E-state index in [1.165, 1.54) is 5.56 Å². The monoisotopic (exact) mass is 224 g/mol. The van der Waals surface area contributed by atoms with Crippen molar-refractivity contribution in [2.45, 2.75) is 26.3 Å². The Morgan fingerprint density at radius 3 is 2.53 bits per heavy atom. The fourth-order valence-corrected chi connectivity index (χ4v) is 2.07. The summed E-state index contributed by atoms with van der Waals surface area (Å²) in [7, 11) is 0. The van der Waals surface area contributed by atoms with Gasteiger partial charge in [-0.2, -0.15) is 5.26 Å². The topological polar surface area (TPSA) is 28.7 Å². The Kier molecular flexibility index (Phi) is 3.30. The van der Waals surface area contributed by atoms with Crippen LogP contribution in [0.4, 0.5) is 0 Å². The molecular weight excluding hydrogens is 208 g/mol. The molecule has 2 rings (SSSR count). The molecule has 0 fully saturated rings. The standard InChI is InChI=1S/C15H16N2/c1-12(14-6-4-3-5-7-14)11-17-13(2)8-9-15(17)10-16/h3-9,12H,11H2,1-2H3/t12-/m0/s1. The molecule has 0 saturated carbocycles. The van der Waals surface area contributed by atoms with Crippen LogP contribution in [0.1, 0.15) is 29.8 Å². The third-order valence-electron chi connectivity index (χ3n) is 3.14. The predicted molar refractivity (Wildman–Crippen MR) is 68.7 cm³/mol. The van der Waals surface area contributed by atoms with Crippen LogP contribution in [-0.2, 0) is 6.54 Å². The number of nitriles is 1. The lowest BCUT2D eigenvalue weighted by Gasteiger charge is -2.15. The van der Waals surface area contributed by atoms with Gasteiger partial charge in [0.25, 0.3) is 0 Å². The zero-order chi connectivity index (χ0) is 12.3. The Hall–Kier alpha value is -2.01. The Bertz CT molecular complexity index is 532. The molecule has 86 valence electrons. The van der Waals surface area contributed by atoms with Gasteiger partial charge in [-0.15, -0.1) is 0 Å². The van der Waals surface area contributed by atoms with E-state index in [2.05, 4.69) is 41.8 Å². The van der Waals surface area contributed by atoms with Gasteiger partial charge in [0.05, 0.1) is 0 Å². The van der Waals surface area contributed by atoms with Crippen LogP contribution < -0.4 is 0 Å². The van der Waals surface area contributed by atoms with Crippen LogP contribution in [0.2, 0.25) is 0 Å². The average molecular weight is 224 g/mol. The highest BCUT2D eigenvalue weighted by molar-refractivity contribution is 5.27. The largest absolute Gasteiger partial charge is 0.336 e. The highest BCUT2D eigenvalue weighted by Gasteiger charge is 2.10. The number of nitrogens with zero attached hydrogens (tertiary/aromatic N) is 2. The van der Waals surface area contributed by atoms with Crippen LogP contribution in [0.15, 0.2) is 42.5 Å². The molecule has 17 heavy (non-hydrogen) atoms. The molecule has 1 heterocycles. The van der Waals surface area contributed by atoms with Gasteiger partial charge in [-0.25, -0.2) is 0 Å². The summed E-state index contributed by atoms with van der Waals surface area (Å²) in [6.45, 7) is 5.08.